The SMILES string of the molecule is CC1(C)CNCCN1C(=O)c1cc(F)c(F)c(O)c1F. The molecule has 110 valence electrons. The second kappa shape index (κ2) is 4.97. The van der Waals surface area contributed by atoms with Gasteiger partial charge in [-0.1, -0.05) is 0 Å². The van der Waals surface area contributed by atoms with E-state index in [1.54, 1.807) is 13.8 Å². The second-order valence-electron chi connectivity index (χ2n) is 5.33. The molecule has 0 aromatic heterocycles. The third kappa shape index (κ3) is 2.33. The van der Waals surface area contributed by atoms with Gasteiger partial charge in [-0.2, -0.15) is 4.39 Å². The fourth-order valence-corrected chi connectivity index (χ4v) is 2.25. The van der Waals surface area contributed by atoms with Gasteiger partial charge in [0.2, 0.25) is 5.82 Å². The number of nitrogens with one attached hydrogen (secondary N) is 1. The Hall–Kier alpha value is -1.76. The highest BCUT2D eigenvalue weighted by molar-refractivity contribution is 5.95. The Bertz CT molecular complexity index is 561. The van der Waals surface area contributed by atoms with E-state index in [0.29, 0.717) is 25.7 Å². The molecular formula is C13H15F3N2O2. The lowest BCUT2D eigenvalue weighted by molar-refractivity contribution is 0.0471. The number of carbonyl (C=O) groups excluding carboxylic acids is 1. The molecule has 20 heavy (non-hydrogen) atoms. The number of hydrogen-bond donors (Lipinski definition) is 2. The van der Waals surface area contributed by atoms with Crippen LogP contribution in [-0.2, 0) is 0 Å². The fraction of sp³-hybridized carbons (Fsp3) is 0.462. The highest BCUT2D eigenvalue weighted by Gasteiger charge is 2.36. The van der Waals surface area contributed by atoms with E-state index in [1.807, 2.05) is 0 Å². The normalized spacial score (nSPS) is 18.1. The Morgan fingerprint density at radius 1 is 1.35 bits per heavy atom. The number of aromatic hydroxyl groups is 1. The largest absolute Gasteiger partial charge is 0.503 e. The quantitative estimate of drug-likeness (QED) is 0.772. The number of rotatable bonds is 1. The summed E-state index contributed by atoms with van der Waals surface area (Å²) in [5.74, 6) is -6.84. The van der Waals surface area contributed by atoms with Gasteiger partial charge in [-0.3, -0.25) is 4.79 Å². The first-order chi connectivity index (χ1) is 9.25. The third-order valence-electron chi connectivity index (χ3n) is 3.41. The molecule has 2 rings (SSSR count). The van der Waals surface area contributed by atoms with Crippen LogP contribution in [0.25, 0.3) is 0 Å². The van der Waals surface area contributed by atoms with Crippen molar-refractivity contribution in [2.75, 3.05) is 19.6 Å². The van der Waals surface area contributed by atoms with Crippen LogP contribution in [0.1, 0.15) is 24.2 Å². The number of halogens is 3. The monoisotopic (exact) mass is 288 g/mol. The molecule has 0 spiro atoms. The summed E-state index contributed by atoms with van der Waals surface area (Å²) in [4.78, 5) is 13.7. The Morgan fingerprint density at radius 2 is 2.00 bits per heavy atom. The maximum atomic E-state index is 13.8. The highest BCUT2D eigenvalue weighted by Crippen LogP contribution is 2.28. The maximum Gasteiger partial charge on any atom is 0.257 e. The molecule has 4 nitrogen and oxygen atoms in total. The summed E-state index contributed by atoms with van der Waals surface area (Å²) >= 11 is 0. The Labute approximate surface area is 114 Å². The van der Waals surface area contributed by atoms with E-state index >= 15 is 0 Å². The molecule has 1 aromatic rings. The molecule has 7 heteroatoms. The van der Waals surface area contributed by atoms with E-state index in [4.69, 9.17) is 0 Å². The van der Waals surface area contributed by atoms with Crippen molar-refractivity contribution < 1.29 is 23.1 Å². The zero-order valence-electron chi connectivity index (χ0n) is 11.1. The van der Waals surface area contributed by atoms with Crippen LogP contribution in [0.5, 0.6) is 5.75 Å². The molecule has 2 N–H and O–H groups in total. The molecule has 0 unspecified atom stereocenters. The van der Waals surface area contributed by atoms with Crippen LogP contribution in [0.15, 0.2) is 6.07 Å². The molecule has 0 atom stereocenters. The molecule has 1 amide bonds. The predicted molar refractivity (Wildman–Crippen MR) is 66.0 cm³/mol. The van der Waals surface area contributed by atoms with Crippen LogP contribution in [-0.4, -0.2) is 41.1 Å². The predicted octanol–water partition coefficient (Wildman–Crippen LogP) is 1.63. The first-order valence-electron chi connectivity index (χ1n) is 6.15. The number of carbonyl (C=O) groups is 1. The zero-order valence-corrected chi connectivity index (χ0v) is 11.1. The number of benzene rings is 1. The minimum Gasteiger partial charge on any atom is -0.503 e. The van der Waals surface area contributed by atoms with Crippen molar-refractivity contribution in [3.63, 3.8) is 0 Å². The summed E-state index contributed by atoms with van der Waals surface area (Å²) in [6.45, 7) is 4.87. The fourth-order valence-electron chi connectivity index (χ4n) is 2.25. The zero-order chi connectivity index (χ0) is 15.1. The average Bonchev–Trinajstić information content (AvgIpc) is 2.39. The van der Waals surface area contributed by atoms with Crippen molar-refractivity contribution in [1.82, 2.24) is 10.2 Å². The molecule has 0 radical (unpaired) electrons. The summed E-state index contributed by atoms with van der Waals surface area (Å²) in [7, 11) is 0. The van der Waals surface area contributed by atoms with Crippen LogP contribution >= 0.6 is 0 Å². The van der Waals surface area contributed by atoms with E-state index in [1.165, 1.54) is 4.90 Å². The van der Waals surface area contributed by atoms with Crippen LogP contribution in [0.3, 0.4) is 0 Å². The molecule has 1 aliphatic rings. The van der Waals surface area contributed by atoms with Crippen molar-refractivity contribution in [2.24, 2.45) is 0 Å². The number of phenols is 1. The van der Waals surface area contributed by atoms with E-state index in [2.05, 4.69) is 5.32 Å². The number of hydrogen-bond acceptors (Lipinski definition) is 3. The van der Waals surface area contributed by atoms with Crippen molar-refractivity contribution in [3.8, 4) is 5.75 Å². The topological polar surface area (TPSA) is 52.6 Å². The van der Waals surface area contributed by atoms with E-state index < -0.39 is 40.2 Å². The molecule has 0 saturated carbocycles. The first-order valence-corrected chi connectivity index (χ1v) is 6.15. The molecule has 1 saturated heterocycles. The summed E-state index contributed by atoms with van der Waals surface area (Å²) in [6, 6.07) is 0.477. The Balaban J connectivity index is 2.44. The van der Waals surface area contributed by atoms with Crippen LogP contribution in [0, 0.1) is 17.5 Å². The van der Waals surface area contributed by atoms with Crippen LogP contribution < -0.4 is 5.32 Å². The van der Waals surface area contributed by atoms with Gasteiger partial charge in [0.15, 0.2) is 17.4 Å². The van der Waals surface area contributed by atoms with E-state index in [0.717, 1.165) is 0 Å². The molecule has 1 aliphatic heterocycles. The minimum absolute atomic E-state index is 0.311. The molecule has 1 fully saturated rings. The van der Waals surface area contributed by atoms with Gasteiger partial charge in [0.1, 0.15) is 0 Å². The lowest BCUT2D eigenvalue weighted by atomic mass is 9.98. The lowest BCUT2D eigenvalue weighted by Gasteiger charge is -2.42. The van der Waals surface area contributed by atoms with Crippen LogP contribution in [0.2, 0.25) is 0 Å². The third-order valence-corrected chi connectivity index (χ3v) is 3.41. The smallest absolute Gasteiger partial charge is 0.257 e. The number of phenolic OH excluding ortho intramolecular Hbond substituents is 1. The summed E-state index contributed by atoms with van der Waals surface area (Å²) in [5.41, 5.74) is -1.27. The molecular weight excluding hydrogens is 273 g/mol. The van der Waals surface area contributed by atoms with Gasteiger partial charge in [0.25, 0.3) is 5.91 Å². The van der Waals surface area contributed by atoms with E-state index in [9.17, 15) is 23.1 Å². The van der Waals surface area contributed by atoms with Gasteiger partial charge in [0, 0.05) is 19.6 Å². The highest BCUT2D eigenvalue weighted by atomic mass is 19.2. The van der Waals surface area contributed by atoms with Crippen LogP contribution in [0.4, 0.5) is 13.2 Å². The van der Waals surface area contributed by atoms with Crippen molar-refractivity contribution in [1.29, 1.82) is 0 Å². The van der Waals surface area contributed by atoms with Gasteiger partial charge >= 0.3 is 0 Å². The van der Waals surface area contributed by atoms with Gasteiger partial charge in [-0.15, -0.1) is 0 Å². The summed E-state index contributed by atoms with van der Waals surface area (Å²) < 4.78 is 40.1. The summed E-state index contributed by atoms with van der Waals surface area (Å²) in [5, 5.41) is 12.3. The first kappa shape index (κ1) is 14.6. The van der Waals surface area contributed by atoms with Gasteiger partial charge in [-0.05, 0) is 19.9 Å². The molecule has 1 aromatic carbocycles. The lowest BCUT2D eigenvalue weighted by Crippen LogP contribution is -2.60. The number of amides is 1. The minimum atomic E-state index is -1.70. The Morgan fingerprint density at radius 3 is 2.60 bits per heavy atom. The molecule has 0 bridgehead atoms. The summed E-state index contributed by atoms with van der Waals surface area (Å²) in [6.07, 6.45) is 0. The van der Waals surface area contributed by atoms with Gasteiger partial charge < -0.3 is 15.3 Å². The average molecular weight is 288 g/mol. The van der Waals surface area contributed by atoms with Gasteiger partial charge in [0.05, 0.1) is 11.1 Å². The molecule has 0 aliphatic carbocycles. The number of piperazine rings is 1. The number of nitrogens with zero attached hydrogens (tertiary/aromatic N) is 1. The maximum absolute atomic E-state index is 13.8. The van der Waals surface area contributed by atoms with Gasteiger partial charge in [-0.25, -0.2) is 8.78 Å². The van der Waals surface area contributed by atoms with Crippen molar-refractivity contribution >= 4 is 5.91 Å². The standard InChI is InChI=1S/C13H15F3N2O2/c1-13(2)6-17-3-4-18(13)12(20)7-5-8(14)10(16)11(19)9(7)15/h5,17,19H,3-4,6H2,1-2H3. The van der Waals surface area contributed by atoms with Crippen molar-refractivity contribution in [2.45, 2.75) is 19.4 Å². The van der Waals surface area contributed by atoms with E-state index in [-0.39, 0.29) is 0 Å². The molecule has 1 heterocycles. The van der Waals surface area contributed by atoms with Crippen molar-refractivity contribution in [3.05, 3.63) is 29.1 Å². The Kier molecular flexibility index (Phi) is 3.64. The second-order valence-corrected chi connectivity index (χ2v) is 5.33.